The lowest BCUT2D eigenvalue weighted by molar-refractivity contribution is -0.140. The maximum atomic E-state index is 10.8. The number of methoxy groups -OCH3 is 1. The third-order valence-corrected chi connectivity index (χ3v) is 1.41. The van der Waals surface area contributed by atoms with Gasteiger partial charge in [-0.25, -0.2) is 0 Å². The number of aliphatic hydroxyl groups excluding tert-OH is 1. The molecule has 0 aromatic heterocycles. The van der Waals surface area contributed by atoms with Crippen LogP contribution in [0.5, 0.6) is 0 Å². The molecule has 0 rings (SSSR count). The van der Waals surface area contributed by atoms with E-state index in [0.29, 0.717) is 0 Å². The number of rotatable bonds is 3. The Balaban J connectivity index is 4.48. The van der Waals surface area contributed by atoms with E-state index in [-0.39, 0.29) is 23.5 Å². The van der Waals surface area contributed by atoms with E-state index in [9.17, 15) is 9.59 Å². The molecule has 0 atom stereocenters. The third kappa shape index (κ3) is 3.18. The molecule has 0 spiro atoms. The number of carbonyl (C=O) groups is 2. The van der Waals surface area contributed by atoms with Gasteiger partial charge in [0, 0.05) is 5.57 Å². The standard InChI is InChI=1S/C8H12O4/c1-5(9)7(6(2)10)4-8(11)12-3/h9H,4H2,1-3H3/b7-5-. The fourth-order valence-corrected chi connectivity index (χ4v) is 0.724. The average Bonchev–Trinajstić information content (AvgIpc) is 1.98. The summed E-state index contributed by atoms with van der Waals surface area (Å²) in [4.78, 5) is 21.5. The fraction of sp³-hybridized carbons (Fsp3) is 0.500. The van der Waals surface area contributed by atoms with Crippen LogP contribution in [0.25, 0.3) is 0 Å². The van der Waals surface area contributed by atoms with E-state index in [1.54, 1.807) is 0 Å². The molecule has 0 heterocycles. The van der Waals surface area contributed by atoms with Crippen LogP contribution in [0, 0.1) is 0 Å². The number of hydrogen-bond donors (Lipinski definition) is 1. The molecule has 1 N–H and O–H groups in total. The first kappa shape index (κ1) is 10.7. The van der Waals surface area contributed by atoms with Crippen molar-refractivity contribution in [2.45, 2.75) is 20.3 Å². The number of allylic oxidation sites excluding steroid dienone is 1. The summed E-state index contributed by atoms with van der Waals surface area (Å²) in [6.45, 7) is 2.65. The van der Waals surface area contributed by atoms with Crippen LogP contribution in [-0.2, 0) is 14.3 Å². The van der Waals surface area contributed by atoms with Crippen LogP contribution in [0.1, 0.15) is 20.3 Å². The van der Waals surface area contributed by atoms with Crippen LogP contribution < -0.4 is 0 Å². The van der Waals surface area contributed by atoms with Crippen molar-refractivity contribution in [1.29, 1.82) is 0 Å². The van der Waals surface area contributed by atoms with E-state index >= 15 is 0 Å². The molecule has 0 aliphatic rings. The van der Waals surface area contributed by atoms with Gasteiger partial charge in [-0.3, -0.25) is 9.59 Å². The van der Waals surface area contributed by atoms with E-state index < -0.39 is 5.97 Å². The first-order chi connectivity index (χ1) is 5.49. The summed E-state index contributed by atoms with van der Waals surface area (Å²) in [6.07, 6.45) is -0.172. The molecule has 4 heteroatoms. The summed E-state index contributed by atoms with van der Waals surface area (Å²) in [7, 11) is 1.23. The Hall–Kier alpha value is -1.32. The van der Waals surface area contributed by atoms with Crippen molar-refractivity contribution in [2.75, 3.05) is 7.11 Å². The molecular formula is C8H12O4. The van der Waals surface area contributed by atoms with Crippen molar-refractivity contribution >= 4 is 11.8 Å². The first-order valence-corrected chi connectivity index (χ1v) is 3.45. The van der Waals surface area contributed by atoms with Gasteiger partial charge >= 0.3 is 5.97 Å². The highest BCUT2D eigenvalue weighted by Gasteiger charge is 2.13. The van der Waals surface area contributed by atoms with Crippen molar-refractivity contribution in [3.63, 3.8) is 0 Å². The Morgan fingerprint density at radius 3 is 2.08 bits per heavy atom. The minimum atomic E-state index is -0.534. The zero-order valence-corrected chi connectivity index (χ0v) is 7.38. The van der Waals surface area contributed by atoms with Gasteiger partial charge in [-0.2, -0.15) is 0 Å². The number of esters is 1. The second-order valence-corrected chi connectivity index (χ2v) is 2.37. The molecule has 0 fully saturated rings. The summed E-state index contributed by atoms with van der Waals surface area (Å²) in [5.41, 5.74) is 0.0989. The van der Waals surface area contributed by atoms with Gasteiger partial charge in [-0.1, -0.05) is 0 Å². The molecule has 0 saturated carbocycles. The van der Waals surface area contributed by atoms with E-state index in [0.717, 1.165) is 0 Å². The maximum Gasteiger partial charge on any atom is 0.310 e. The van der Waals surface area contributed by atoms with E-state index in [2.05, 4.69) is 4.74 Å². The molecule has 68 valence electrons. The molecule has 0 aliphatic heterocycles. The number of carbonyl (C=O) groups excluding carboxylic acids is 2. The molecule has 12 heavy (non-hydrogen) atoms. The molecule has 4 nitrogen and oxygen atoms in total. The Kier molecular flexibility index (Phi) is 4.04. The first-order valence-electron chi connectivity index (χ1n) is 3.45. The lowest BCUT2D eigenvalue weighted by Gasteiger charge is -2.02. The molecule has 0 unspecified atom stereocenters. The third-order valence-electron chi connectivity index (χ3n) is 1.41. The number of ether oxygens (including phenoxy) is 1. The van der Waals surface area contributed by atoms with Crippen molar-refractivity contribution in [2.24, 2.45) is 0 Å². The lowest BCUT2D eigenvalue weighted by Crippen LogP contribution is -2.08. The Bertz CT molecular complexity index is 223. The van der Waals surface area contributed by atoms with E-state index in [1.807, 2.05) is 0 Å². The zero-order chi connectivity index (χ0) is 9.72. The molecule has 0 aliphatic carbocycles. The highest BCUT2D eigenvalue weighted by molar-refractivity contribution is 5.97. The van der Waals surface area contributed by atoms with Crippen LogP contribution in [0.3, 0.4) is 0 Å². The van der Waals surface area contributed by atoms with Gasteiger partial charge in [0.25, 0.3) is 0 Å². The van der Waals surface area contributed by atoms with Gasteiger partial charge in [0.15, 0.2) is 5.78 Å². The largest absolute Gasteiger partial charge is 0.512 e. The molecule has 0 aromatic rings. The Labute approximate surface area is 70.8 Å². The van der Waals surface area contributed by atoms with E-state index in [1.165, 1.54) is 21.0 Å². The number of aliphatic hydroxyl groups is 1. The molecule has 0 aromatic carbocycles. The van der Waals surface area contributed by atoms with Gasteiger partial charge in [0.05, 0.1) is 19.3 Å². The monoisotopic (exact) mass is 172 g/mol. The zero-order valence-electron chi connectivity index (χ0n) is 7.38. The predicted octanol–water partition coefficient (Wildman–Crippen LogP) is 0.970. The summed E-state index contributed by atoms with van der Waals surface area (Å²) < 4.78 is 4.34. The van der Waals surface area contributed by atoms with Crippen LogP contribution in [0.4, 0.5) is 0 Å². The smallest absolute Gasteiger partial charge is 0.310 e. The van der Waals surface area contributed by atoms with Crippen molar-refractivity contribution in [3.05, 3.63) is 11.3 Å². The van der Waals surface area contributed by atoms with Crippen LogP contribution in [0.2, 0.25) is 0 Å². The molecule has 0 saturated heterocycles. The van der Waals surface area contributed by atoms with Crippen LogP contribution in [-0.4, -0.2) is 24.0 Å². The predicted molar refractivity (Wildman–Crippen MR) is 42.6 cm³/mol. The normalized spacial score (nSPS) is 11.9. The number of Topliss-reactive ketones (excluding diaryl/α,β-unsaturated/α-hetero) is 1. The highest BCUT2D eigenvalue weighted by atomic mass is 16.5. The molecule has 0 bridgehead atoms. The average molecular weight is 172 g/mol. The van der Waals surface area contributed by atoms with Crippen molar-refractivity contribution < 1.29 is 19.4 Å². The van der Waals surface area contributed by atoms with Crippen LogP contribution in [0.15, 0.2) is 11.3 Å². The topological polar surface area (TPSA) is 63.6 Å². The maximum absolute atomic E-state index is 10.8. The summed E-state index contributed by atoms with van der Waals surface area (Å²) in [6, 6.07) is 0. The van der Waals surface area contributed by atoms with Crippen LogP contribution >= 0.6 is 0 Å². The van der Waals surface area contributed by atoms with Gasteiger partial charge in [-0.05, 0) is 13.8 Å². The summed E-state index contributed by atoms with van der Waals surface area (Å²) >= 11 is 0. The molecule has 0 amide bonds. The minimum absolute atomic E-state index is 0.0989. The summed E-state index contributed by atoms with van der Waals surface area (Å²) in [5, 5.41) is 8.98. The molecule has 0 radical (unpaired) electrons. The summed E-state index contributed by atoms with van der Waals surface area (Å²) in [5.74, 6) is -0.984. The second-order valence-electron chi connectivity index (χ2n) is 2.37. The number of ketones is 1. The highest BCUT2D eigenvalue weighted by Crippen LogP contribution is 2.08. The van der Waals surface area contributed by atoms with Crippen molar-refractivity contribution in [1.82, 2.24) is 0 Å². The lowest BCUT2D eigenvalue weighted by atomic mass is 10.1. The van der Waals surface area contributed by atoms with Gasteiger partial charge in [0.1, 0.15) is 0 Å². The minimum Gasteiger partial charge on any atom is -0.512 e. The fourth-order valence-electron chi connectivity index (χ4n) is 0.724. The van der Waals surface area contributed by atoms with E-state index in [4.69, 9.17) is 5.11 Å². The SMILES string of the molecule is COC(=O)C/C(C(C)=O)=C(\C)O. The van der Waals surface area contributed by atoms with Gasteiger partial charge < -0.3 is 9.84 Å². The second kappa shape index (κ2) is 4.54. The Morgan fingerprint density at radius 2 is 1.83 bits per heavy atom. The Morgan fingerprint density at radius 1 is 1.33 bits per heavy atom. The van der Waals surface area contributed by atoms with Gasteiger partial charge in [0.2, 0.25) is 0 Å². The quantitative estimate of drug-likeness (QED) is 0.391. The van der Waals surface area contributed by atoms with Crippen molar-refractivity contribution in [3.8, 4) is 0 Å². The number of hydrogen-bond acceptors (Lipinski definition) is 4. The molecular weight excluding hydrogens is 160 g/mol. The van der Waals surface area contributed by atoms with Gasteiger partial charge in [-0.15, -0.1) is 0 Å².